The molecule has 3 aromatic carbocycles. The van der Waals surface area contributed by atoms with Crippen LogP contribution in [0.3, 0.4) is 0 Å². The van der Waals surface area contributed by atoms with Crippen molar-refractivity contribution in [2.75, 3.05) is 32.7 Å². The number of rotatable bonds is 8. The summed E-state index contributed by atoms with van der Waals surface area (Å²) < 4.78 is 14.3. The Morgan fingerprint density at radius 1 is 0.897 bits per heavy atom. The zero-order valence-corrected chi connectivity index (χ0v) is 22.0. The van der Waals surface area contributed by atoms with Crippen LogP contribution in [0.15, 0.2) is 72.8 Å². The van der Waals surface area contributed by atoms with Crippen LogP contribution < -0.4 is 5.32 Å². The van der Waals surface area contributed by atoms with E-state index in [1.807, 2.05) is 30.3 Å². The monoisotopic (exact) mass is 549 g/mol. The summed E-state index contributed by atoms with van der Waals surface area (Å²) in [4.78, 5) is 41.1. The van der Waals surface area contributed by atoms with Crippen molar-refractivity contribution in [1.82, 2.24) is 15.1 Å². The second-order valence-corrected chi connectivity index (χ2v) is 10.6. The Bertz CT molecular complexity index is 1330. The third-order valence-corrected chi connectivity index (χ3v) is 7.98. The van der Waals surface area contributed by atoms with E-state index in [1.54, 1.807) is 4.90 Å². The maximum Gasteiger partial charge on any atom is 0.335 e. The Hall–Kier alpha value is -3.75. The Balaban J connectivity index is 1.19. The van der Waals surface area contributed by atoms with E-state index in [0.29, 0.717) is 36.9 Å². The van der Waals surface area contributed by atoms with Gasteiger partial charge in [0.25, 0.3) is 11.8 Å². The highest BCUT2D eigenvalue weighted by atomic mass is 35.5. The van der Waals surface area contributed by atoms with E-state index < -0.39 is 11.8 Å². The first kappa shape index (κ1) is 26.8. The van der Waals surface area contributed by atoms with Crippen LogP contribution in [0.2, 0.25) is 5.02 Å². The molecule has 0 aliphatic carbocycles. The Kier molecular flexibility index (Phi) is 7.95. The van der Waals surface area contributed by atoms with Crippen molar-refractivity contribution in [2.45, 2.75) is 12.5 Å². The van der Waals surface area contributed by atoms with Crippen molar-refractivity contribution in [3.63, 3.8) is 0 Å². The maximum absolute atomic E-state index is 14.3. The van der Waals surface area contributed by atoms with Gasteiger partial charge < -0.3 is 20.2 Å². The van der Waals surface area contributed by atoms with Gasteiger partial charge in [0, 0.05) is 38.3 Å². The number of carboxylic acid groups (broad SMARTS) is 1. The minimum Gasteiger partial charge on any atom is -0.478 e. The summed E-state index contributed by atoms with van der Waals surface area (Å²) in [6.45, 7) is 3.54. The molecule has 2 N–H and O–H groups in total. The Morgan fingerprint density at radius 3 is 2.15 bits per heavy atom. The van der Waals surface area contributed by atoms with Crippen LogP contribution in [-0.2, 0) is 0 Å². The summed E-state index contributed by atoms with van der Waals surface area (Å²) in [5.74, 6) is -1.66. The number of hydrogen-bond donors (Lipinski definition) is 2. The molecule has 202 valence electrons. The number of amides is 2. The number of aromatic carboxylic acids is 1. The highest BCUT2D eigenvalue weighted by Crippen LogP contribution is 2.33. The lowest BCUT2D eigenvalue weighted by atomic mass is 10.0. The first-order valence-corrected chi connectivity index (χ1v) is 13.3. The second kappa shape index (κ2) is 11.6. The van der Waals surface area contributed by atoms with Crippen molar-refractivity contribution in [1.29, 1.82) is 0 Å². The lowest BCUT2D eigenvalue weighted by Gasteiger charge is -2.25. The molecule has 7 nitrogen and oxygen atoms in total. The van der Waals surface area contributed by atoms with Gasteiger partial charge in [0.15, 0.2) is 0 Å². The summed E-state index contributed by atoms with van der Waals surface area (Å²) in [7, 11) is 0. The molecule has 2 aliphatic rings. The summed E-state index contributed by atoms with van der Waals surface area (Å²) in [6, 6.07) is 19.7. The average Bonchev–Trinajstić information content (AvgIpc) is 3.50. The largest absolute Gasteiger partial charge is 0.478 e. The van der Waals surface area contributed by atoms with E-state index >= 15 is 0 Å². The standard InChI is InChI=1S/C30H29ClFN3O4/c31-24-7-4-8-25(32)27(24)29(37)35-17-22-15-34(16-23(22)18-35)14-13-26(19-5-2-1-3-6-19)33-28(36)20-9-11-21(12-10-20)30(38)39/h1-12,22-23,26H,13-18H2,(H,33,36)(H,38,39)/t22-,23?,26?/m0/s1. The number of benzene rings is 3. The molecule has 5 rings (SSSR count). The van der Waals surface area contributed by atoms with Crippen molar-refractivity contribution >= 4 is 29.4 Å². The molecule has 0 spiro atoms. The van der Waals surface area contributed by atoms with Crippen LogP contribution >= 0.6 is 11.6 Å². The molecule has 2 aliphatic heterocycles. The van der Waals surface area contributed by atoms with Gasteiger partial charge in [0.1, 0.15) is 5.82 Å². The van der Waals surface area contributed by atoms with Gasteiger partial charge in [-0.25, -0.2) is 9.18 Å². The average molecular weight is 550 g/mol. The van der Waals surface area contributed by atoms with Crippen molar-refractivity contribution in [3.05, 3.63) is 106 Å². The minimum atomic E-state index is -1.04. The van der Waals surface area contributed by atoms with E-state index in [0.717, 1.165) is 25.2 Å². The molecule has 2 fully saturated rings. The van der Waals surface area contributed by atoms with E-state index in [9.17, 15) is 18.8 Å². The summed E-state index contributed by atoms with van der Waals surface area (Å²) in [5.41, 5.74) is 1.46. The molecular formula is C30H29ClFN3O4. The number of carbonyl (C=O) groups is 3. The number of halogens is 2. The lowest BCUT2D eigenvalue weighted by Crippen LogP contribution is -2.35. The predicted molar refractivity (Wildman–Crippen MR) is 145 cm³/mol. The molecule has 2 saturated heterocycles. The van der Waals surface area contributed by atoms with Crippen LogP contribution in [0.25, 0.3) is 0 Å². The van der Waals surface area contributed by atoms with Crippen LogP contribution in [0, 0.1) is 17.7 Å². The molecule has 39 heavy (non-hydrogen) atoms. The van der Waals surface area contributed by atoms with Gasteiger partial charge in [-0.05, 0) is 60.2 Å². The normalized spacial score (nSPS) is 19.5. The SMILES string of the molecule is O=C(O)c1ccc(C(=O)NC(CCN2CC3CN(C(=O)c4c(F)cccc4Cl)C[C@@H]3C2)c2ccccc2)cc1. The van der Waals surface area contributed by atoms with E-state index in [4.69, 9.17) is 16.7 Å². The summed E-state index contributed by atoms with van der Waals surface area (Å²) in [5, 5.41) is 12.4. The highest BCUT2D eigenvalue weighted by molar-refractivity contribution is 6.33. The topological polar surface area (TPSA) is 89.9 Å². The van der Waals surface area contributed by atoms with E-state index in [2.05, 4.69) is 10.2 Å². The smallest absolute Gasteiger partial charge is 0.335 e. The van der Waals surface area contributed by atoms with Gasteiger partial charge in [0.05, 0.1) is 22.2 Å². The Labute approximate surface area is 231 Å². The van der Waals surface area contributed by atoms with Crippen LogP contribution in [0.4, 0.5) is 4.39 Å². The maximum atomic E-state index is 14.3. The molecule has 3 aromatic rings. The molecule has 0 aromatic heterocycles. The summed E-state index contributed by atoms with van der Waals surface area (Å²) >= 11 is 6.11. The molecule has 0 saturated carbocycles. The fraction of sp³-hybridized carbons (Fsp3) is 0.300. The first-order chi connectivity index (χ1) is 18.8. The fourth-order valence-electron chi connectivity index (χ4n) is 5.62. The minimum absolute atomic E-state index is 0.0601. The van der Waals surface area contributed by atoms with Crippen molar-refractivity contribution in [2.24, 2.45) is 11.8 Å². The van der Waals surface area contributed by atoms with Gasteiger partial charge in [0.2, 0.25) is 0 Å². The molecule has 2 heterocycles. The zero-order valence-electron chi connectivity index (χ0n) is 21.2. The number of likely N-dealkylation sites (tertiary alicyclic amines) is 2. The molecule has 2 unspecified atom stereocenters. The molecule has 0 bridgehead atoms. The first-order valence-electron chi connectivity index (χ1n) is 12.9. The van der Waals surface area contributed by atoms with Gasteiger partial charge in [-0.3, -0.25) is 9.59 Å². The third-order valence-electron chi connectivity index (χ3n) is 7.66. The van der Waals surface area contributed by atoms with E-state index in [1.165, 1.54) is 42.5 Å². The molecule has 3 atom stereocenters. The molecule has 2 amide bonds. The highest BCUT2D eigenvalue weighted by Gasteiger charge is 2.42. The second-order valence-electron chi connectivity index (χ2n) is 10.2. The number of carbonyl (C=O) groups excluding carboxylic acids is 2. The quantitative estimate of drug-likeness (QED) is 0.423. The molecule has 0 radical (unpaired) electrons. The van der Waals surface area contributed by atoms with Crippen molar-refractivity contribution in [3.8, 4) is 0 Å². The van der Waals surface area contributed by atoms with Crippen molar-refractivity contribution < 1.29 is 23.9 Å². The number of nitrogens with zero attached hydrogens (tertiary/aromatic N) is 2. The van der Waals surface area contributed by atoms with Gasteiger partial charge in [-0.2, -0.15) is 0 Å². The van der Waals surface area contributed by atoms with Gasteiger partial charge in [-0.15, -0.1) is 0 Å². The Morgan fingerprint density at radius 2 is 1.54 bits per heavy atom. The van der Waals surface area contributed by atoms with Crippen LogP contribution in [0.5, 0.6) is 0 Å². The number of carboxylic acids is 1. The van der Waals surface area contributed by atoms with Crippen LogP contribution in [0.1, 0.15) is 49.1 Å². The number of fused-ring (bicyclic) bond motifs is 1. The van der Waals surface area contributed by atoms with Gasteiger partial charge in [-0.1, -0.05) is 48.0 Å². The fourth-order valence-corrected chi connectivity index (χ4v) is 5.87. The zero-order chi connectivity index (χ0) is 27.5. The molecule has 9 heteroatoms. The molecular weight excluding hydrogens is 521 g/mol. The van der Waals surface area contributed by atoms with Gasteiger partial charge >= 0.3 is 5.97 Å². The third kappa shape index (κ3) is 5.97. The lowest BCUT2D eigenvalue weighted by molar-refractivity contribution is 0.0695. The predicted octanol–water partition coefficient (Wildman–Crippen LogP) is 4.74. The summed E-state index contributed by atoms with van der Waals surface area (Å²) in [6.07, 6.45) is 0.690. The number of hydrogen-bond acceptors (Lipinski definition) is 4. The van der Waals surface area contributed by atoms with E-state index in [-0.39, 0.29) is 34.0 Å². The number of nitrogens with one attached hydrogen (secondary N) is 1. The van der Waals surface area contributed by atoms with Crippen LogP contribution in [-0.4, -0.2) is 65.4 Å².